The molecule has 0 aromatic heterocycles. The molecular weight excluding hydrogens is 401 g/mol. The van der Waals surface area contributed by atoms with Crippen LogP contribution < -0.4 is 10.0 Å². The van der Waals surface area contributed by atoms with E-state index < -0.39 is 21.9 Å². The van der Waals surface area contributed by atoms with E-state index in [4.69, 9.17) is 0 Å². The molecule has 148 valence electrons. The number of amidine groups is 1. The lowest BCUT2D eigenvalue weighted by Gasteiger charge is -2.14. The Kier molecular flexibility index (Phi) is 6.35. The zero-order valence-electron chi connectivity index (χ0n) is 15.2. The molecule has 0 unspecified atom stereocenters. The predicted octanol–water partition coefficient (Wildman–Crippen LogP) is 2.30. The number of benzene rings is 2. The van der Waals surface area contributed by atoms with Gasteiger partial charge in [0.1, 0.15) is 17.7 Å². The van der Waals surface area contributed by atoms with Crippen molar-refractivity contribution in [3.8, 4) is 0 Å². The second kappa shape index (κ2) is 8.74. The summed E-state index contributed by atoms with van der Waals surface area (Å²) in [6.45, 7) is 0.0362. The van der Waals surface area contributed by atoms with Crippen LogP contribution in [-0.2, 0) is 21.4 Å². The van der Waals surface area contributed by atoms with E-state index in [1.165, 1.54) is 12.1 Å². The van der Waals surface area contributed by atoms with Gasteiger partial charge in [-0.25, -0.2) is 12.8 Å². The average molecular weight is 422 g/mol. The van der Waals surface area contributed by atoms with E-state index in [-0.39, 0.29) is 23.2 Å². The lowest BCUT2D eigenvalue weighted by molar-refractivity contribution is -0.122. The van der Waals surface area contributed by atoms with E-state index in [0.29, 0.717) is 23.3 Å². The number of fused-ring (bicyclic) bond motifs is 1. The summed E-state index contributed by atoms with van der Waals surface area (Å²) in [4.78, 5) is 17.2. The number of nitrogens with zero attached hydrogens (tertiary/aromatic N) is 1. The largest absolute Gasteiger partial charge is 0.350 e. The Hall–Kier alpha value is -2.39. The SMILES string of the molecule is CSCC[C@H](N=C1NS(=O)(=O)c2ccccc21)C(=O)NCc1ccccc1F. The molecule has 2 aromatic rings. The monoisotopic (exact) mass is 421 g/mol. The van der Waals surface area contributed by atoms with Gasteiger partial charge in [-0.1, -0.05) is 30.3 Å². The van der Waals surface area contributed by atoms with Gasteiger partial charge in [-0.05, 0) is 36.6 Å². The average Bonchev–Trinajstić information content (AvgIpc) is 2.94. The highest BCUT2D eigenvalue weighted by Crippen LogP contribution is 2.23. The van der Waals surface area contributed by atoms with Crippen LogP contribution in [0.25, 0.3) is 0 Å². The van der Waals surface area contributed by atoms with E-state index in [0.717, 1.165) is 0 Å². The van der Waals surface area contributed by atoms with E-state index in [1.54, 1.807) is 48.2 Å². The van der Waals surface area contributed by atoms with Crippen LogP contribution in [0.3, 0.4) is 0 Å². The standard InChI is InChI=1S/C19H20FN3O3S2/c1-27-11-10-16(19(24)21-12-13-6-2-4-8-15(13)20)22-18-14-7-3-5-9-17(14)28(25,26)23-18/h2-9,16H,10-12H2,1H3,(H,21,24)(H,22,23)/t16-/m0/s1. The van der Waals surface area contributed by atoms with Crippen molar-refractivity contribution in [2.45, 2.75) is 23.9 Å². The zero-order valence-corrected chi connectivity index (χ0v) is 16.8. The molecule has 1 atom stereocenters. The third kappa shape index (κ3) is 4.53. The fraction of sp³-hybridized carbons (Fsp3) is 0.263. The summed E-state index contributed by atoms with van der Waals surface area (Å²) in [7, 11) is -3.67. The Morgan fingerprint density at radius 2 is 1.93 bits per heavy atom. The lowest BCUT2D eigenvalue weighted by atomic mass is 10.1. The Balaban J connectivity index is 1.82. The predicted molar refractivity (Wildman–Crippen MR) is 108 cm³/mol. The molecule has 6 nitrogen and oxygen atoms in total. The smallest absolute Gasteiger partial charge is 0.263 e. The number of nitrogens with one attached hydrogen (secondary N) is 2. The van der Waals surface area contributed by atoms with Gasteiger partial charge in [0, 0.05) is 17.7 Å². The van der Waals surface area contributed by atoms with Crippen molar-refractivity contribution in [1.29, 1.82) is 0 Å². The highest BCUT2D eigenvalue weighted by Gasteiger charge is 2.31. The fourth-order valence-corrected chi connectivity index (χ4v) is 4.51. The quantitative estimate of drug-likeness (QED) is 0.718. The van der Waals surface area contributed by atoms with Gasteiger partial charge in [-0.15, -0.1) is 0 Å². The molecule has 0 fully saturated rings. The van der Waals surface area contributed by atoms with Crippen LogP contribution in [0.4, 0.5) is 4.39 Å². The summed E-state index contributed by atoms with van der Waals surface area (Å²) >= 11 is 1.56. The number of rotatable bonds is 7. The molecule has 9 heteroatoms. The molecule has 0 aliphatic carbocycles. The number of sulfonamides is 1. The van der Waals surface area contributed by atoms with Gasteiger partial charge in [-0.3, -0.25) is 14.5 Å². The highest BCUT2D eigenvalue weighted by molar-refractivity contribution is 7.98. The molecule has 0 bridgehead atoms. The van der Waals surface area contributed by atoms with Crippen molar-refractivity contribution in [3.05, 3.63) is 65.5 Å². The van der Waals surface area contributed by atoms with Crippen LogP contribution in [0.2, 0.25) is 0 Å². The molecule has 1 heterocycles. The van der Waals surface area contributed by atoms with Crippen molar-refractivity contribution in [2.24, 2.45) is 4.99 Å². The topological polar surface area (TPSA) is 87.6 Å². The van der Waals surface area contributed by atoms with Gasteiger partial charge < -0.3 is 5.32 Å². The van der Waals surface area contributed by atoms with Crippen LogP contribution >= 0.6 is 11.8 Å². The second-order valence-corrected chi connectivity index (χ2v) is 8.82. The summed E-state index contributed by atoms with van der Waals surface area (Å²) in [5, 5.41) is 2.69. The summed E-state index contributed by atoms with van der Waals surface area (Å²) in [6.07, 6.45) is 2.34. The molecular formula is C19H20FN3O3S2. The van der Waals surface area contributed by atoms with Crippen LogP contribution in [0.15, 0.2) is 58.4 Å². The molecule has 2 aromatic carbocycles. The number of carbonyl (C=O) groups excluding carboxylic acids is 1. The van der Waals surface area contributed by atoms with E-state index in [1.807, 2.05) is 6.26 Å². The zero-order chi connectivity index (χ0) is 20.1. The summed E-state index contributed by atoms with van der Waals surface area (Å²) in [5.41, 5.74) is 0.817. The summed E-state index contributed by atoms with van der Waals surface area (Å²) in [6, 6.07) is 11.9. The molecule has 2 N–H and O–H groups in total. The Labute approximate surface area is 167 Å². The second-order valence-electron chi connectivity index (χ2n) is 6.19. The minimum atomic E-state index is -3.67. The highest BCUT2D eigenvalue weighted by atomic mass is 32.2. The van der Waals surface area contributed by atoms with Crippen molar-refractivity contribution in [2.75, 3.05) is 12.0 Å². The summed E-state index contributed by atoms with van der Waals surface area (Å²) < 4.78 is 40.7. The van der Waals surface area contributed by atoms with Gasteiger partial charge in [0.05, 0.1) is 4.90 Å². The van der Waals surface area contributed by atoms with Crippen molar-refractivity contribution < 1.29 is 17.6 Å². The van der Waals surface area contributed by atoms with Crippen LogP contribution in [0, 0.1) is 5.82 Å². The van der Waals surface area contributed by atoms with E-state index >= 15 is 0 Å². The molecule has 0 radical (unpaired) electrons. The van der Waals surface area contributed by atoms with Crippen molar-refractivity contribution in [3.63, 3.8) is 0 Å². The lowest BCUT2D eigenvalue weighted by Crippen LogP contribution is -2.35. The Bertz CT molecular complexity index is 1010. The van der Waals surface area contributed by atoms with Gasteiger partial charge in [0.2, 0.25) is 5.91 Å². The number of halogens is 1. The molecule has 0 spiro atoms. The molecule has 0 saturated heterocycles. The molecule has 3 rings (SSSR count). The molecule has 28 heavy (non-hydrogen) atoms. The molecule has 1 amide bonds. The van der Waals surface area contributed by atoms with E-state index in [2.05, 4.69) is 15.0 Å². The first-order valence-electron chi connectivity index (χ1n) is 8.62. The molecule has 0 saturated carbocycles. The molecule has 1 aliphatic rings. The first-order valence-corrected chi connectivity index (χ1v) is 11.5. The number of aliphatic imine (C=N–C) groups is 1. The third-order valence-electron chi connectivity index (χ3n) is 4.26. The fourth-order valence-electron chi connectivity index (χ4n) is 2.81. The minimum Gasteiger partial charge on any atom is -0.350 e. The number of hydrogen-bond acceptors (Lipinski definition) is 5. The maximum atomic E-state index is 13.8. The van der Waals surface area contributed by atoms with Crippen molar-refractivity contribution in [1.82, 2.24) is 10.0 Å². The van der Waals surface area contributed by atoms with Crippen LogP contribution in [-0.4, -0.2) is 38.2 Å². The first-order chi connectivity index (χ1) is 13.4. The number of carbonyl (C=O) groups is 1. The maximum Gasteiger partial charge on any atom is 0.263 e. The number of hydrogen-bond donors (Lipinski definition) is 2. The van der Waals surface area contributed by atoms with Gasteiger partial charge >= 0.3 is 0 Å². The van der Waals surface area contributed by atoms with Gasteiger partial charge in [0.15, 0.2) is 0 Å². The summed E-state index contributed by atoms with van der Waals surface area (Å²) in [5.74, 6) is 0.0477. The number of amides is 1. The van der Waals surface area contributed by atoms with Crippen LogP contribution in [0.1, 0.15) is 17.5 Å². The van der Waals surface area contributed by atoms with Crippen LogP contribution in [0.5, 0.6) is 0 Å². The van der Waals surface area contributed by atoms with Gasteiger partial charge in [0.25, 0.3) is 10.0 Å². The number of thioether (sulfide) groups is 1. The Morgan fingerprint density at radius 3 is 2.68 bits per heavy atom. The van der Waals surface area contributed by atoms with E-state index in [9.17, 15) is 17.6 Å². The van der Waals surface area contributed by atoms with Crippen molar-refractivity contribution >= 4 is 33.5 Å². The Morgan fingerprint density at radius 1 is 1.21 bits per heavy atom. The van der Waals surface area contributed by atoms with Gasteiger partial charge in [-0.2, -0.15) is 11.8 Å². The normalized spacial score (nSPS) is 17.0. The maximum absolute atomic E-state index is 13.8. The third-order valence-corrected chi connectivity index (χ3v) is 6.30. The minimum absolute atomic E-state index is 0.0362. The first kappa shape index (κ1) is 20.3. The molecule has 1 aliphatic heterocycles.